The molecule has 0 atom stereocenters. The van der Waals surface area contributed by atoms with Gasteiger partial charge in [0.25, 0.3) is 0 Å². The fourth-order valence-corrected chi connectivity index (χ4v) is 1.77. The monoisotopic (exact) mass is 273 g/mol. The van der Waals surface area contributed by atoms with Gasteiger partial charge in [-0.15, -0.1) is 0 Å². The number of ether oxygens (including phenoxy) is 1. The van der Waals surface area contributed by atoms with Gasteiger partial charge < -0.3 is 10.5 Å². The number of hydrogen-bond donors (Lipinski definition) is 1. The second-order valence-corrected chi connectivity index (χ2v) is 4.03. The first kappa shape index (κ1) is 12.2. The van der Waals surface area contributed by atoms with Gasteiger partial charge in [-0.05, 0) is 30.7 Å². The zero-order valence-electron chi connectivity index (χ0n) is 8.52. The largest absolute Gasteiger partial charge is 0.493 e. The van der Waals surface area contributed by atoms with E-state index in [1.165, 1.54) is 13.2 Å². The second kappa shape index (κ2) is 5.28. The summed E-state index contributed by atoms with van der Waals surface area (Å²) in [5.74, 6) is -0.184. The molecule has 0 spiro atoms. The molecule has 2 nitrogen and oxygen atoms in total. The maximum Gasteiger partial charge on any atom is 0.166 e. The third-order valence-corrected chi connectivity index (χ3v) is 2.50. The van der Waals surface area contributed by atoms with Gasteiger partial charge >= 0.3 is 0 Å². The lowest BCUT2D eigenvalue weighted by Crippen LogP contribution is -2.01. The fourth-order valence-electron chi connectivity index (χ4n) is 1.34. The zero-order chi connectivity index (χ0) is 11.4. The molecule has 0 heterocycles. The van der Waals surface area contributed by atoms with E-state index in [4.69, 9.17) is 10.5 Å². The number of rotatable bonds is 4. The van der Waals surface area contributed by atoms with Gasteiger partial charge in [0.15, 0.2) is 11.6 Å². The van der Waals surface area contributed by atoms with Gasteiger partial charge in [-0.1, -0.05) is 22.5 Å². The van der Waals surface area contributed by atoms with Crippen LogP contribution in [-0.2, 0) is 0 Å². The summed E-state index contributed by atoms with van der Waals surface area (Å²) in [4.78, 5) is 0. The second-order valence-electron chi connectivity index (χ2n) is 3.11. The minimum atomic E-state index is -0.403. The first-order chi connectivity index (χ1) is 7.10. The Morgan fingerprint density at radius 3 is 2.80 bits per heavy atom. The summed E-state index contributed by atoms with van der Waals surface area (Å²) in [6, 6.07) is 3.14. The highest BCUT2D eigenvalue weighted by Gasteiger charge is 2.12. The SMILES string of the molecule is C=C(CCN)c1cc(Br)cc(F)c1OC. The van der Waals surface area contributed by atoms with Crippen LogP contribution in [0.25, 0.3) is 5.57 Å². The van der Waals surface area contributed by atoms with Gasteiger partial charge in [-0.3, -0.25) is 0 Å². The molecule has 4 heteroatoms. The smallest absolute Gasteiger partial charge is 0.166 e. The van der Waals surface area contributed by atoms with Gasteiger partial charge in [-0.2, -0.15) is 0 Å². The van der Waals surface area contributed by atoms with E-state index in [2.05, 4.69) is 22.5 Å². The molecule has 0 amide bonds. The molecule has 0 aliphatic carbocycles. The summed E-state index contributed by atoms with van der Waals surface area (Å²) in [7, 11) is 1.44. The first-order valence-corrected chi connectivity index (χ1v) is 5.30. The third-order valence-electron chi connectivity index (χ3n) is 2.04. The standard InChI is InChI=1S/C11H13BrFNO/c1-7(3-4-14)9-5-8(12)6-10(13)11(9)15-2/h5-6H,1,3-4,14H2,2H3. The van der Waals surface area contributed by atoms with E-state index in [1.807, 2.05) is 0 Å². The highest BCUT2D eigenvalue weighted by molar-refractivity contribution is 9.10. The molecule has 0 aliphatic heterocycles. The van der Waals surface area contributed by atoms with Crippen LogP contribution in [0.2, 0.25) is 0 Å². The highest BCUT2D eigenvalue weighted by atomic mass is 79.9. The van der Waals surface area contributed by atoms with Crippen LogP contribution in [0.15, 0.2) is 23.2 Å². The summed E-state index contributed by atoms with van der Waals surface area (Å²) >= 11 is 3.23. The number of benzene rings is 1. The molecule has 1 aromatic rings. The summed E-state index contributed by atoms with van der Waals surface area (Å²) in [5, 5.41) is 0. The summed E-state index contributed by atoms with van der Waals surface area (Å²) in [6.07, 6.45) is 0.617. The fraction of sp³-hybridized carbons (Fsp3) is 0.273. The predicted octanol–water partition coefficient (Wildman–Crippen LogP) is 2.96. The molecule has 0 aromatic heterocycles. The Morgan fingerprint density at radius 1 is 1.60 bits per heavy atom. The van der Waals surface area contributed by atoms with Gasteiger partial charge in [-0.25, -0.2) is 4.39 Å². The molecule has 1 rings (SSSR count). The van der Waals surface area contributed by atoms with E-state index in [9.17, 15) is 4.39 Å². The van der Waals surface area contributed by atoms with E-state index in [-0.39, 0.29) is 5.75 Å². The van der Waals surface area contributed by atoms with Crippen LogP contribution >= 0.6 is 15.9 Å². The van der Waals surface area contributed by atoms with Gasteiger partial charge in [0.1, 0.15) is 0 Å². The van der Waals surface area contributed by atoms with E-state index >= 15 is 0 Å². The maximum atomic E-state index is 13.5. The molecule has 0 radical (unpaired) electrons. The van der Waals surface area contributed by atoms with E-state index in [1.54, 1.807) is 6.07 Å². The van der Waals surface area contributed by atoms with Crippen LogP contribution in [0.3, 0.4) is 0 Å². The quantitative estimate of drug-likeness (QED) is 0.916. The van der Waals surface area contributed by atoms with Gasteiger partial charge in [0.05, 0.1) is 7.11 Å². The first-order valence-electron chi connectivity index (χ1n) is 4.51. The van der Waals surface area contributed by atoms with Crippen LogP contribution in [0.1, 0.15) is 12.0 Å². The average molecular weight is 274 g/mol. The summed E-state index contributed by atoms with van der Waals surface area (Å²) in [5.41, 5.74) is 6.86. The van der Waals surface area contributed by atoms with Crippen molar-refractivity contribution >= 4 is 21.5 Å². The molecule has 2 N–H and O–H groups in total. The Labute approximate surface area is 97.1 Å². The minimum Gasteiger partial charge on any atom is -0.493 e. The molecular weight excluding hydrogens is 261 g/mol. The topological polar surface area (TPSA) is 35.2 Å². The van der Waals surface area contributed by atoms with Crippen molar-refractivity contribution in [2.24, 2.45) is 5.73 Å². The maximum absolute atomic E-state index is 13.5. The van der Waals surface area contributed by atoms with Crippen molar-refractivity contribution in [3.63, 3.8) is 0 Å². The Hall–Kier alpha value is -0.870. The Morgan fingerprint density at radius 2 is 2.27 bits per heavy atom. The van der Waals surface area contributed by atoms with Gasteiger partial charge in [0, 0.05) is 10.0 Å². The highest BCUT2D eigenvalue weighted by Crippen LogP contribution is 2.32. The molecule has 0 saturated heterocycles. The number of halogens is 2. The van der Waals surface area contributed by atoms with Crippen molar-refractivity contribution in [1.82, 2.24) is 0 Å². The van der Waals surface area contributed by atoms with E-state index < -0.39 is 5.82 Å². The molecule has 82 valence electrons. The van der Waals surface area contributed by atoms with Crippen LogP contribution in [0, 0.1) is 5.82 Å². The molecule has 0 fully saturated rings. The number of hydrogen-bond acceptors (Lipinski definition) is 2. The third kappa shape index (κ3) is 2.79. The zero-order valence-corrected chi connectivity index (χ0v) is 10.1. The molecule has 0 saturated carbocycles. The van der Waals surface area contributed by atoms with Crippen molar-refractivity contribution in [1.29, 1.82) is 0 Å². The van der Waals surface area contributed by atoms with Crippen molar-refractivity contribution < 1.29 is 9.13 Å². The molecule has 0 aliphatic rings. The number of nitrogens with two attached hydrogens (primary N) is 1. The molecule has 0 unspecified atom stereocenters. The predicted molar refractivity (Wildman–Crippen MR) is 63.4 cm³/mol. The number of methoxy groups -OCH3 is 1. The lowest BCUT2D eigenvalue weighted by molar-refractivity contribution is 0.385. The lowest BCUT2D eigenvalue weighted by atomic mass is 10.0. The molecule has 0 bridgehead atoms. The molecular formula is C11H13BrFNO. The van der Waals surface area contributed by atoms with Crippen molar-refractivity contribution in [2.75, 3.05) is 13.7 Å². The Kier molecular flexibility index (Phi) is 4.29. The van der Waals surface area contributed by atoms with Crippen LogP contribution in [0.4, 0.5) is 4.39 Å². The van der Waals surface area contributed by atoms with E-state index in [0.717, 1.165) is 5.57 Å². The van der Waals surface area contributed by atoms with Crippen LogP contribution in [-0.4, -0.2) is 13.7 Å². The Balaban J connectivity index is 3.20. The van der Waals surface area contributed by atoms with Crippen LogP contribution in [0.5, 0.6) is 5.75 Å². The molecule has 1 aromatic carbocycles. The summed E-state index contributed by atoms with van der Waals surface area (Å²) < 4.78 is 19.1. The lowest BCUT2D eigenvalue weighted by Gasteiger charge is -2.11. The van der Waals surface area contributed by atoms with Gasteiger partial charge in [0.2, 0.25) is 0 Å². The average Bonchev–Trinajstić information content (AvgIpc) is 2.17. The van der Waals surface area contributed by atoms with Crippen LogP contribution < -0.4 is 10.5 Å². The Bertz CT molecular complexity index is 379. The van der Waals surface area contributed by atoms with Crippen molar-refractivity contribution in [3.05, 3.63) is 34.6 Å². The minimum absolute atomic E-state index is 0.219. The van der Waals surface area contributed by atoms with E-state index in [0.29, 0.717) is 23.0 Å². The van der Waals surface area contributed by atoms with Crippen molar-refractivity contribution in [2.45, 2.75) is 6.42 Å². The normalized spacial score (nSPS) is 10.1. The molecule has 15 heavy (non-hydrogen) atoms. The van der Waals surface area contributed by atoms with Crippen molar-refractivity contribution in [3.8, 4) is 5.75 Å². The summed E-state index contributed by atoms with van der Waals surface area (Å²) in [6.45, 7) is 4.34.